The molecule has 0 aliphatic carbocycles. The maximum atomic E-state index is 12.5. The highest BCUT2D eigenvalue weighted by atomic mass is 32.2. The highest BCUT2D eigenvalue weighted by Gasteiger charge is 2.20. The molecule has 0 fully saturated rings. The number of anilines is 1. The van der Waals surface area contributed by atoms with E-state index in [4.69, 9.17) is 9.47 Å². The van der Waals surface area contributed by atoms with Crippen LogP contribution in [-0.2, 0) is 22.6 Å². The van der Waals surface area contributed by atoms with E-state index in [9.17, 15) is 9.59 Å². The van der Waals surface area contributed by atoms with Crippen molar-refractivity contribution in [2.75, 3.05) is 25.3 Å². The lowest BCUT2D eigenvalue weighted by molar-refractivity contribution is -0.121. The van der Waals surface area contributed by atoms with E-state index >= 15 is 0 Å². The third kappa shape index (κ3) is 6.74. The second kappa shape index (κ2) is 12.1. The summed E-state index contributed by atoms with van der Waals surface area (Å²) < 4.78 is 12.2. The van der Waals surface area contributed by atoms with E-state index in [2.05, 4.69) is 20.8 Å². The topological polar surface area (TPSA) is 107 Å². The molecule has 3 aromatic rings. The van der Waals surface area contributed by atoms with E-state index in [0.717, 1.165) is 11.3 Å². The highest BCUT2D eigenvalue weighted by molar-refractivity contribution is 7.99. The Hall–Kier alpha value is -3.53. The monoisotopic (exact) mass is 483 g/mol. The molecule has 0 bridgehead atoms. The van der Waals surface area contributed by atoms with Gasteiger partial charge in [-0.25, -0.2) is 0 Å². The molecule has 2 N–H and O–H groups in total. The zero-order chi connectivity index (χ0) is 24.5. The number of ether oxygens (including phenoxy) is 2. The molecule has 0 aliphatic rings. The van der Waals surface area contributed by atoms with Crippen LogP contribution in [0.1, 0.15) is 31.3 Å². The number of nitrogens with zero attached hydrogens (tertiary/aromatic N) is 3. The van der Waals surface area contributed by atoms with Gasteiger partial charge in [-0.15, -0.1) is 10.2 Å². The predicted molar refractivity (Wildman–Crippen MR) is 131 cm³/mol. The number of methoxy groups -OCH3 is 2. The number of amides is 2. The normalized spacial score (nSPS) is 11.5. The number of nitrogens with one attached hydrogen (secondary N) is 2. The fourth-order valence-corrected chi connectivity index (χ4v) is 4.15. The van der Waals surface area contributed by atoms with Crippen LogP contribution >= 0.6 is 11.8 Å². The Balaban J connectivity index is 1.56. The fourth-order valence-electron chi connectivity index (χ4n) is 3.34. The zero-order valence-corrected chi connectivity index (χ0v) is 20.5. The number of hydrogen-bond donors (Lipinski definition) is 2. The molecule has 9 nitrogen and oxygen atoms in total. The van der Waals surface area contributed by atoms with Crippen LogP contribution in [0.15, 0.2) is 53.7 Å². The summed E-state index contributed by atoms with van der Waals surface area (Å²) in [6.07, 6.45) is 0.251. The Bertz CT molecular complexity index is 1120. The van der Waals surface area contributed by atoms with Gasteiger partial charge in [0.25, 0.3) is 0 Å². The largest absolute Gasteiger partial charge is 0.497 e. The molecule has 1 heterocycles. The second-order valence-electron chi connectivity index (χ2n) is 7.47. The first kappa shape index (κ1) is 25.1. The van der Waals surface area contributed by atoms with Crippen LogP contribution in [0.5, 0.6) is 11.5 Å². The van der Waals surface area contributed by atoms with Crippen molar-refractivity contribution in [1.82, 2.24) is 20.1 Å². The summed E-state index contributed by atoms with van der Waals surface area (Å²) in [5.41, 5.74) is 1.55. The van der Waals surface area contributed by atoms with Gasteiger partial charge in [0.1, 0.15) is 11.5 Å². The molecule has 2 amide bonds. The molecule has 0 spiro atoms. The Labute approximate surface area is 203 Å². The smallest absolute Gasteiger partial charge is 0.234 e. The standard InChI is InChI=1S/C24H29N5O4S/c1-5-29-23(16(2)25-21(30)13-17-9-11-19(32-3)12-10-17)27-28-24(29)34-15-22(31)26-18-7-6-8-20(14-18)33-4/h6-12,14,16H,5,13,15H2,1-4H3,(H,25,30)(H,26,31). The lowest BCUT2D eigenvalue weighted by Gasteiger charge is -2.15. The first-order chi connectivity index (χ1) is 16.4. The quantitative estimate of drug-likeness (QED) is 0.402. The van der Waals surface area contributed by atoms with Crippen molar-refractivity contribution in [3.63, 3.8) is 0 Å². The summed E-state index contributed by atoms with van der Waals surface area (Å²) in [5.74, 6) is 1.95. The van der Waals surface area contributed by atoms with Crippen molar-refractivity contribution in [2.24, 2.45) is 0 Å². The molecule has 180 valence electrons. The average Bonchev–Trinajstić information content (AvgIpc) is 3.26. The number of benzene rings is 2. The van der Waals surface area contributed by atoms with Crippen molar-refractivity contribution in [3.8, 4) is 11.5 Å². The number of aromatic nitrogens is 3. The Kier molecular flexibility index (Phi) is 8.92. The van der Waals surface area contributed by atoms with E-state index in [1.807, 2.05) is 54.8 Å². The van der Waals surface area contributed by atoms with E-state index in [1.54, 1.807) is 26.4 Å². The highest BCUT2D eigenvalue weighted by Crippen LogP contribution is 2.22. The van der Waals surface area contributed by atoms with Crippen LogP contribution in [-0.4, -0.2) is 46.6 Å². The molecule has 1 aromatic heterocycles. The molecule has 0 aliphatic heterocycles. The maximum absolute atomic E-state index is 12.5. The van der Waals surface area contributed by atoms with E-state index in [1.165, 1.54) is 11.8 Å². The minimum absolute atomic E-state index is 0.116. The molecular formula is C24H29N5O4S. The Morgan fingerprint density at radius 1 is 1.03 bits per heavy atom. The number of thioether (sulfide) groups is 1. The molecule has 0 radical (unpaired) electrons. The summed E-state index contributed by atoms with van der Waals surface area (Å²) >= 11 is 1.29. The van der Waals surface area contributed by atoms with Gasteiger partial charge in [0.05, 0.1) is 32.4 Å². The van der Waals surface area contributed by atoms with Gasteiger partial charge in [-0.1, -0.05) is 30.0 Å². The molecule has 0 saturated heterocycles. The Morgan fingerprint density at radius 3 is 2.44 bits per heavy atom. The van der Waals surface area contributed by atoms with Crippen molar-refractivity contribution in [2.45, 2.75) is 38.0 Å². The molecule has 1 unspecified atom stereocenters. The lowest BCUT2D eigenvalue weighted by Crippen LogP contribution is -2.30. The minimum atomic E-state index is -0.335. The summed E-state index contributed by atoms with van der Waals surface area (Å²) in [5, 5.41) is 14.9. The third-order valence-corrected chi connectivity index (χ3v) is 6.00. The first-order valence-electron chi connectivity index (χ1n) is 10.9. The summed E-state index contributed by atoms with van der Waals surface area (Å²) in [4.78, 5) is 24.9. The van der Waals surface area contributed by atoms with Crippen molar-refractivity contribution in [1.29, 1.82) is 0 Å². The van der Waals surface area contributed by atoms with Crippen molar-refractivity contribution < 1.29 is 19.1 Å². The molecule has 1 atom stereocenters. The lowest BCUT2D eigenvalue weighted by atomic mass is 10.1. The SMILES string of the molecule is CCn1c(SCC(=O)Nc2cccc(OC)c2)nnc1C(C)NC(=O)Cc1ccc(OC)cc1. The molecule has 34 heavy (non-hydrogen) atoms. The van der Waals surface area contributed by atoms with Gasteiger partial charge in [-0.05, 0) is 43.7 Å². The number of hydrogen-bond acceptors (Lipinski definition) is 7. The van der Waals surface area contributed by atoms with E-state index in [0.29, 0.717) is 29.0 Å². The van der Waals surface area contributed by atoms with E-state index < -0.39 is 0 Å². The van der Waals surface area contributed by atoms with Gasteiger partial charge in [-0.3, -0.25) is 9.59 Å². The molecule has 10 heteroatoms. The average molecular weight is 484 g/mol. The van der Waals surface area contributed by atoms with Gasteiger partial charge in [0, 0.05) is 18.3 Å². The third-order valence-electron chi connectivity index (χ3n) is 5.04. The number of carbonyl (C=O) groups is 2. The summed E-state index contributed by atoms with van der Waals surface area (Å²) in [7, 11) is 3.18. The van der Waals surface area contributed by atoms with Gasteiger partial charge < -0.3 is 24.7 Å². The second-order valence-corrected chi connectivity index (χ2v) is 8.41. The van der Waals surface area contributed by atoms with Crippen LogP contribution in [0.4, 0.5) is 5.69 Å². The van der Waals surface area contributed by atoms with Crippen molar-refractivity contribution >= 4 is 29.3 Å². The van der Waals surface area contributed by atoms with Gasteiger partial charge in [0.15, 0.2) is 11.0 Å². The molecule has 0 saturated carbocycles. The van der Waals surface area contributed by atoms with Crippen LogP contribution < -0.4 is 20.1 Å². The van der Waals surface area contributed by atoms with Crippen molar-refractivity contribution in [3.05, 3.63) is 59.9 Å². The summed E-state index contributed by atoms with van der Waals surface area (Å²) in [6, 6.07) is 14.2. The van der Waals surface area contributed by atoms with Crippen LogP contribution in [0.3, 0.4) is 0 Å². The first-order valence-corrected chi connectivity index (χ1v) is 11.8. The van der Waals surface area contributed by atoms with Gasteiger partial charge in [-0.2, -0.15) is 0 Å². The molecule has 3 rings (SSSR count). The molecular weight excluding hydrogens is 454 g/mol. The predicted octanol–water partition coefficient (Wildman–Crippen LogP) is 3.47. The number of carbonyl (C=O) groups excluding carboxylic acids is 2. The number of rotatable bonds is 11. The van der Waals surface area contributed by atoms with Gasteiger partial charge >= 0.3 is 0 Å². The van der Waals surface area contributed by atoms with Crippen LogP contribution in [0, 0.1) is 0 Å². The summed E-state index contributed by atoms with van der Waals surface area (Å²) in [6.45, 7) is 4.45. The Morgan fingerprint density at radius 2 is 1.76 bits per heavy atom. The van der Waals surface area contributed by atoms with Crippen LogP contribution in [0.25, 0.3) is 0 Å². The molecule has 2 aromatic carbocycles. The minimum Gasteiger partial charge on any atom is -0.497 e. The zero-order valence-electron chi connectivity index (χ0n) is 19.7. The van der Waals surface area contributed by atoms with E-state index in [-0.39, 0.29) is 30.0 Å². The van der Waals surface area contributed by atoms with Crippen LogP contribution in [0.2, 0.25) is 0 Å². The maximum Gasteiger partial charge on any atom is 0.234 e. The fraction of sp³-hybridized carbons (Fsp3) is 0.333. The van der Waals surface area contributed by atoms with Gasteiger partial charge in [0.2, 0.25) is 11.8 Å².